The molecular formula is C34H43N5O4. The number of pyridine rings is 1. The number of benzene rings is 1. The van der Waals surface area contributed by atoms with Crippen molar-refractivity contribution < 1.29 is 19.4 Å². The van der Waals surface area contributed by atoms with Gasteiger partial charge >= 0.3 is 6.09 Å². The number of carbonyl (C=O) groups is 2. The third kappa shape index (κ3) is 5.74. The number of ether oxygens (including phenoxy) is 1. The van der Waals surface area contributed by atoms with Crippen LogP contribution < -0.4 is 9.64 Å². The molecule has 9 nitrogen and oxygen atoms in total. The van der Waals surface area contributed by atoms with Crippen molar-refractivity contribution in [1.29, 1.82) is 0 Å². The summed E-state index contributed by atoms with van der Waals surface area (Å²) in [6, 6.07) is 8.16. The number of carboxylic acid groups (broad SMARTS) is 1. The second-order valence-corrected chi connectivity index (χ2v) is 13.7. The minimum Gasteiger partial charge on any atom is -0.465 e. The Morgan fingerprint density at radius 3 is 2.42 bits per heavy atom. The van der Waals surface area contributed by atoms with Crippen molar-refractivity contribution in [2.24, 2.45) is 11.3 Å². The molecule has 6 rings (SSSR count). The summed E-state index contributed by atoms with van der Waals surface area (Å²) >= 11 is 0. The maximum Gasteiger partial charge on any atom is 0.407 e. The van der Waals surface area contributed by atoms with Crippen molar-refractivity contribution in [3.05, 3.63) is 53.6 Å². The fourth-order valence-corrected chi connectivity index (χ4v) is 6.90. The maximum atomic E-state index is 13.4. The summed E-state index contributed by atoms with van der Waals surface area (Å²) in [5.41, 5.74) is 5.44. The number of hydrogen-bond acceptors (Lipinski definition) is 5. The van der Waals surface area contributed by atoms with E-state index in [4.69, 9.17) is 9.84 Å². The average Bonchev–Trinajstić information content (AvgIpc) is 3.68. The lowest BCUT2D eigenvalue weighted by Crippen LogP contribution is -2.51. The van der Waals surface area contributed by atoms with Crippen molar-refractivity contribution in [3.8, 4) is 22.6 Å². The monoisotopic (exact) mass is 585 g/mol. The molecule has 228 valence electrons. The number of rotatable bonds is 5. The number of anilines is 1. The predicted molar refractivity (Wildman–Crippen MR) is 166 cm³/mol. The lowest BCUT2D eigenvalue weighted by atomic mass is 9.79. The minimum atomic E-state index is -0.861. The molecule has 2 aliphatic heterocycles. The lowest BCUT2D eigenvalue weighted by Gasteiger charge is -2.44. The third-order valence-electron chi connectivity index (χ3n) is 9.29. The summed E-state index contributed by atoms with van der Waals surface area (Å²) in [5.74, 6) is 1.83. The van der Waals surface area contributed by atoms with Gasteiger partial charge in [0, 0.05) is 71.0 Å². The van der Waals surface area contributed by atoms with E-state index in [1.807, 2.05) is 41.8 Å². The molecule has 3 aliphatic rings. The van der Waals surface area contributed by atoms with Gasteiger partial charge in [-0.3, -0.25) is 14.5 Å². The van der Waals surface area contributed by atoms with Gasteiger partial charge in [-0.05, 0) is 76.8 Å². The van der Waals surface area contributed by atoms with Gasteiger partial charge in [0.25, 0.3) is 0 Å². The average molecular weight is 586 g/mol. The number of piperidine rings is 1. The van der Waals surface area contributed by atoms with Gasteiger partial charge in [0.05, 0.1) is 17.9 Å². The second kappa shape index (κ2) is 11.0. The van der Waals surface area contributed by atoms with Crippen LogP contribution in [0.4, 0.5) is 10.5 Å². The molecule has 43 heavy (non-hydrogen) atoms. The summed E-state index contributed by atoms with van der Waals surface area (Å²) in [6.45, 7) is 12.8. The molecule has 3 atom stereocenters. The maximum absolute atomic E-state index is 13.4. The third-order valence-corrected chi connectivity index (χ3v) is 9.29. The van der Waals surface area contributed by atoms with E-state index in [1.165, 1.54) is 0 Å². The fourth-order valence-electron chi connectivity index (χ4n) is 6.90. The Hall–Kier alpha value is -3.88. The van der Waals surface area contributed by atoms with E-state index < -0.39 is 6.09 Å². The Kier molecular flexibility index (Phi) is 7.47. The summed E-state index contributed by atoms with van der Waals surface area (Å²) in [4.78, 5) is 33.5. The predicted octanol–water partition coefficient (Wildman–Crippen LogP) is 7.16. The highest BCUT2D eigenvalue weighted by Crippen LogP contribution is 2.47. The molecule has 0 radical (unpaired) electrons. The van der Waals surface area contributed by atoms with Crippen LogP contribution in [0.25, 0.3) is 11.1 Å². The van der Waals surface area contributed by atoms with Crippen molar-refractivity contribution in [3.63, 3.8) is 0 Å². The summed E-state index contributed by atoms with van der Waals surface area (Å²) < 4.78 is 8.74. The van der Waals surface area contributed by atoms with Crippen LogP contribution in [0.5, 0.6) is 11.5 Å². The molecule has 1 saturated carbocycles. The summed E-state index contributed by atoms with van der Waals surface area (Å²) in [7, 11) is 0. The number of likely N-dealkylation sites (tertiary alicyclic amines) is 1. The molecule has 1 saturated heterocycles. The summed E-state index contributed by atoms with van der Waals surface area (Å²) in [5, 5.41) is 14.6. The van der Waals surface area contributed by atoms with Gasteiger partial charge in [-0.15, -0.1) is 0 Å². The van der Waals surface area contributed by atoms with E-state index in [-0.39, 0.29) is 35.4 Å². The molecule has 0 spiro atoms. The topological polar surface area (TPSA) is 101 Å². The van der Waals surface area contributed by atoms with E-state index in [2.05, 4.69) is 51.0 Å². The Morgan fingerprint density at radius 1 is 1.05 bits per heavy atom. The Balaban J connectivity index is 1.39. The fraction of sp³-hybridized carbons (Fsp3) is 0.529. The number of carbonyl (C=O) groups excluding carboxylic acids is 1. The smallest absolute Gasteiger partial charge is 0.407 e. The molecular weight excluding hydrogens is 542 g/mol. The standard InChI is InChI=1S/C34H43N5O4/c1-20-15-26(16-21(2)36-20)43-31-27(11-12-29-28(31)10-7-22(3)39(29)32(40)23-8-9-23)24-18-35-38(19-24)25-13-14-37(33(41)42)30(17-25)34(4,5)6/h11-12,15-16,18-19,22-23,25,30H,7-10,13-14,17H2,1-6H3,(H,41,42)/t22?,25?,30-/m0/s1. The minimum absolute atomic E-state index is 0.0913. The highest BCUT2D eigenvalue weighted by Gasteiger charge is 2.41. The zero-order chi connectivity index (χ0) is 30.6. The number of aryl methyl sites for hydroxylation is 2. The first-order chi connectivity index (χ1) is 20.4. The van der Waals surface area contributed by atoms with Gasteiger partial charge in [0.15, 0.2) is 0 Å². The second-order valence-electron chi connectivity index (χ2n) is 13.7. The van der Waals surface area contributed by atoms with Crippen LogP contribution >= 0.6 is 0 Å². The van der Waals surface area contributed by atoms with E-state index in [9.17, 15) is 14.7 Å². The first-order valence-electron chi connectivity index (χ1n) is 15.6. The Morgan fingerprint density at radius 2 is 1.77 bits per heavy atom. The van der Waals surface area contributed by atoms with Gasteiger partial charge in [-0.1, -0.05) is 20.8 Å². The van der Waals surface area contributed by atoms with Crippen LogP contribution in [-0.4, -0.2) is 55.4 Å². The normalized spacial score (nSPS) is 22.3. The highest BCUT2D eigenvalue weighted by molar-refractivity contribution is 5.99. The van der Waals surface area contributed by atoms with Crippen LogP contribution in [0.3, 0.4) is 0 Å². The molecule has 1 aliphatic carbocycles. The van der Waals surface area contributed by atoms with Crippen LogP contribution in [0.2, 0.25) is 0 Å². The molecule has 3 aromatic rings. The molecule has 2 amide bonds. The summed E-state index contributed by atoms with van der Waals surface area (Å²) in [6.07, 6.45) is 8.12. The Bertz CT molecular complexity index is 1530. The number of aromatic nitrogens is 3. The lowest BCUT2D eigenvalue weighted by molar-refractivity contribution is -0.120. The molecule has 1 aromatic carbocycles. The van der Waals surface area contributed by atoms with Crippen LogP contribution in [-0.2, 0) is 11.2 Å². The molecule has 4 heterocycles. The van der Waals surface area contributed by atoms with Crippen molar-refractivity contribution >= 4 is 17.7 Å². The number of hydrogen-bond donors (Lipinski definition) is 1. The molecule has 1 N–H and O–H groups in total. The quantitative estimate of drug-likeness (QED) is 0.341. The highest BCUT2D eigenvalue weighted by atomic mass is 16.5. The zero-order valence-corrected chi connectivity index (χ0v) is 26.1. The number of nitrogens with zero attached hydrogens (tertiary/aromatic N) is 5. The SMILES string of the molecule is Cc1cc(Oc2c(-c3cnn(C4CCN(C(=O)O)[C@H](C(C)(C)C)C4)c3)ccc3c2CCC(C)N3C(=O)C2CC2)cc(C)n1. The number of amides is 2. The van der Waals surface area contributed by atoms with Gasteiger partial charge < -0.3 is 19.6 Å². The van der Waals surface area contributed by atoms with E-state index in [0.29, 0.717) is 19.4 Å². The van der Waals surface area contributed by atoms with Crippen molar-refractivity contribution in [2.45, 2.75) is 98.2 Å². The molecule has 2 aromatic heterocycles. The van der Waals surface area contributed by atoms with Gasteiger partial charge in [0.1, 0.15) is 11.5 Å². The largest absolute Gasteiger partial charge is 0.465 e. The molecule has 0 bridgehead atoms. The van der Waals surface area contributed by atoms with Crippen molar-refractivity contribution in [2.75, 3.05) is 11.4 Å². The molecule has 2 fully saturated rings. The van der Waals surface area contributed by atoms with Crippen LogP contribution in [0.1, 0.15) is 82.8 Å². The van der Waals surface area contributed by atoms with Crippen LogP contribution in [0, 0.1) is 25.2 Å². The van der Waals surface area contributed by atoms with Gasteiger partial charge in [-0.25, -0.2) is 4.79 Å². The van der Waals surface area contributed by atoms with E-state index in [0.717, 1.165) is 70.9 Å². The van der Waals surface area contributed by atoms with E-state index >= 15 is 0 Å². The Labute approximate surface area is 253 Å². The molecule has 2 unspecified atom stereocenters. The first kappa shape index (κ1) is 29.2. The van der Waals surface area contributed by atoms with Crippen LogP contribution in [0.15, 0.2) is 36.7 Å². The van der Waals surface area contributed by atoms with E-state index in [1.54, 1.807) is 4.90 Å². The van der Waals surface area contributed by atoms with Crippen molar-refractivity contribution in [1.82, 2.24) is 19.7 Å². The van der Waals surface area contributed by atoms with Gasteiger partial charge in [-0.2, -0.15) is 5.10 Å². The number of fused-ring (bicyclic) bond motifs is 1. The van der Waals surface area contributed by atoms with Gasteiger partial charge in [0.2, 0.25) is 5.91 Å². The zero-order valence-electron chi connectivity index (χ0n) is 26.1. The molecule has 9 heteroatoms. The first-order valence-corrected chi connectivity index (χ1v) is 15.6.